The Balaban J connectivity index is 1.85. The molecule has 0 aliphatic carbocycles. The molecule has 4 nitrogen and oxygen atoms in total. The molecule has 0 unspecified atom stereocenters. The third kappa shape index (κ3) is 2.70. The van der Waals surface area contributed by atoms with Crippen molar-refractivity contribution in [1.82, 2.24) is 4.98 Å². The smallest absolute Gasteiger partial charge is 0.135 e. The molecule has 0 fully saturated rings. The van der Waals surface area contributed by atoms with E-state index >= 15 is 0 Å². The number of nitrogens with one attached hydrogen (secondary N) is 2. The Bertz CT molecular complexity index is 679. The predicted octanol–water partition coefficient (Wildman–Crippen LogP) is 3.53. The summed E-state index contributed by atoms with van der Waals surface area (Å²) < 4.78 is 5.38. The van der Waals surface area contributed by atoms with Crippen LogP contribution in [0.4, 0.5) is 11.5 Å². The molecule has 1 aliphatic rings. The van der Waals surface area contributed by atoms with Gasteiger partial charge in [-0.2, -0.15) is 0 Å². The molecule has 2 aromatic rings. The molecule has 0 saturated heterocycles. The van der Waals surface area contributed by atoms with Gasteiger partial charge in [0.1, 0.15) is 11.6 Å². The molecule has 0 spiro atoms. The topological polar surface area (TPSA) is 46.2 Å². The van der Waals surface area contributed by atoms with E-state index in [9.17, 15) is 0 Å². The Morgan fingerprint density at radius 3 is 3.00 bits per heavy atom. The molecule has 0 radical (unpaired) electrons. The Morgan fingerprint density at radius 1 is 1.29 bits per heavy atom. The van der Waals surface area contributed by atoms with E-state index in [-0.39, 0.29) is 0 Å². The molecule has 1 aromatic heterocycles. The van der Waals surface area contributed by atoms with Gasteiger partial charge in [0.2, 0.25) is 0 Å². The molecule has 0 bridgehead atoms. The number of pyridine rings is 1. The van der Waals surface area contributed by atoms with Crippen LogP contribution in [-0.2, 0) is 6.54 Å². The van der Waals surface area contributed by atoms with Gasteiger partial charge in [-0.25, -0.2) is 4.98 Å². The van der Waals surface area contributed by atoms with Gasteiger partial charge in [0.25, 0.3) is 0 Å². The molecule has 0 saturated carbocycles. The third-order valence-corrected chi connectivity index (χ3v) is 3.68. The fourth-order valence-corrected chi connectivity index (χ4v) is 2.59. The number of aromatic nitrogens is 1. The Labute approximate surface area is 124 Å². The zero-order chi connectivity index (χ0) is 14.7. The van der Waals surface area contributed by atoms with Crippen LogP contribution in [0.3, 0.4) is 0 Å². The maximum atomic E-state index is 5.38. The summed E-state index contributed by atoms with van der Waals surface area (Å²) in [6, 6.07) is 10.0. The van der Waals surface area contributed by atoms with Crippen LogP contribution >= 0.6 is 0 Å². The number of methoxy groups -OCH3 is 1. The van der Waals surface area contributed by atoms with E-state index < -0.39 is 0 Å². The number of hydrogen-bond acceptors (Lipinski definition) is 4. The van der Waals surface area contributed by atoms with Crippen molar-refractivity contribution in [2.24, 2.45) is 0 Å². The van der Waals surface area contributed by atoms with E-state index in [1.165, 1.54) is 5.57 Å². The number of nitrogens with zero attached hydrogens (tertiary/aromatic N) is 1. The van der Waals surface area contributed by atoms with Gasteiger partial charge in [0, 0.05) is 36.1 Å². The molecule has 1 aromatic carbocycles. The van der Waals surface area contributed by atoms with Crippen molar-refractivity contribution in [3.05, 3.63) is 53.7 Å². The van der Waals surface area contributed by atoms with E-state index in [1.807, 2.05) is 30.5 Å². The van der Waals surface area contributed by atoms with Crippen LogP contribution in [0.5, 0.6) is 5.75 Å². The van der Waals surface area contributed by atoms with Crippen LogP contribution in [-0.4, -0.2) is 18.6 Å². The minimum Gasteiger partial charge on any atom is -0.496 e. The Hall–Kier alpha value is -2.49. The molecule has 4 heteroatoms. The Kier molecular flexibility index (Phi) is 3.77. The maximum Gasteiger partial charge on any atom is 0.135 e. The SMILES string of the molecule is COc1ccccc1CNc1nccc2c1C(C)=CCN2. The molecule has 21 heavy (non-hydrogen) atoms. The number of hydrogen-bond donors (Lipinski definition) is 2. The lowest BCUT2D eigenvalue weighted by Crippen LogP contribution is -2.12. The molecular weight excluding hydrogens is 262 g/mol. The van der Waals surface area contributed by atoms with E-state index in [4.69, 9.17) is 4.74 Å². The molecule has 0 atom stereocenters. The minimum absolute atomic E-state index is 0.681. The van der Waals surface area contributed by atoms with E-state index in [0.717, 1.165) is 34.9 Å². The molecular formula is C17H19N3O. The highest BCUT2D eigenvalue weighted by atomic mass is 16.5. The summed E-state index contributed by atoms with van der Waals surface area (Å²) in [5.41, 5.74) is 4.65. The van der Waals surface area contributed by atoms with Crippen molar-refractivity contribution in [2.75, 3.05) is 24.3 Å². The first kappa shape index (κ1) is 13.5. The van der Waals surface area contributed by atoms with Crippen LogP contribution in [0.2, 0.25) is 0 Å². The van der Waals surface area contributed by atoms with Crippen LogP contribution in [0.15, 0.2) is 42.6 Å². The normalized spacial score (nSPS) is 13.0. The van der Waals surface area contributed by atoms with Crippen molar-refractivity contribution in [3.63, 3.8) is 0 Å². The van der Waals surface area contributed by atoms with Gasteiger partial charge >= 0.3 is 0 Å². The highest BCUT2D eigenvalue weighted by molar-refractivity contribution is 5.84. The lowest BCUT2D eigenvalue weighted by Gasteiger charge is -2.20. The van der Waals surface area contributed by atoms with Crippen molar-refractivity contribution >= 4 is 17.1 Å². The van der Waals surface area contributed by atoms with Gasteiger partial charge in [-0.1, -0.05) is 24.3 Å². The van der Waals surface area contributed by atoms with Crippen LogP contribution in [0.1, 0.15) is 18.1 Å². The summed E-state index contributed by atoms with van der Waals surface area (Å²) in [5, 5.41) is 6.80. The van der Waals surface area contributed by atoms with Crippen LogP contribution < -0.4 is 15.4 Å². The van der Waals surface area contributed by atoms with E-state index in [1.54, 1.807) is 7.11 Å². The molecule has 2 heterocycles. The predicted molar refractivity (Wildman–Crippen MR) is 86.7 cm³/mol. The van der Waals surface area contributed by atoms with Gasteiger partial charge in [-0.05, 0) is 24.6 Å². The lowest BCUT2D eigenvalue weighted by molar-refractivity contribution is 0.410. The molecule has 2 N–H and O–H groups in total. The summed E-state index contributed by atoms with van der Waals surface area (Å²) in [5.74, 6) is 1.79. The van der Waals surface area contributed by atoms with Crippen molar-refractivity contribution < 1.29 is 4.74 Å². The maximum absolute atomic E-state index is 5.38. The van der Waals surface area contributed by atoms with Crippen molar-refractivity contribution in [1.29, 1.82) is 0 Å². The summed E-state index contributed by atoms with van der Waals surface area (Å²) in [7, 11) is 1.69. The number of para-hydroxylation sites is 1. The number of allylic oxidation sites excluding steroid dienone is 1. The van der Waals surface area contributed by atoms with Crippen LogP contribution in [0, 0.1) is 0 Å². The molecule has 0 amide bonds. The zero-order valence-electron chi connectivity index (χ0n) is 12.3. The van der Waals surface area contributed by atoms with Gasteiger partial charge in [-0.3, -0.25) is 0 Å². The monoisotopic (exact) mass is 281 g/mol. The van der Waals surface area contributed by atoms with E-state index in [2.05, 4.69) is 34.7 Å². The first-order chi connectivity index (χ1) is 10.3. The quantitative estimate of drug-likeness (QED) is 0.900. The fourth-order valence-electron chi connectivity index (χ4n) is 2.59. The summed E-state index contributed by atoms with van der Waals surface area (Å²) in [6.07, 6.45) is 4.01. The van der Waals surface area contributed by atoms with Crippen LogP contribution in [0.25, 0.3) is 5.57 Å². The molecule has 3 rings (SSSR count). The number of ether oxygens (including phenoxy) is 1. The lowest BCUT2D eigenvalue weighted by atomic mass is 10.0. The average Bonchev–Trinajstić information content (AvgIpc) is 2.53. The number of benzene rings is 1. The largest absolute Gasteiger partial charge is 0.496 e. The second-order valence-electron chi connectivity index (χ2n) is 5.02. The number of rotatable bonds is 4. The van der Waals surface area contributed by atoms with Gasteiger partial charge in [0.15, 0.2) is 0 Å². The summed E-state index contributed by atoms with van der Waals surface area (Å²) >= 11 is 0. The van der Waals surface area contributed by atoms with Gasteiger partial charge in [0.05, 0.1) is 7.11 Å². The molecule has 108 valence electrons. The summed E-state index contributed by atoms with van der Waals surface area (Å²) in [4.78, 5) is 4.48. The van der Waals surface area contributed by atoms with E-state index in [0.29, 0.717) is 6.54 Å². The first-order valence-electron chi connectivity index (χ1n) is 7.05. The first-order valence-corrected chi connectivity index (χ1v) is 7.05. The number of fused-ring (bicyclic) bond motifs is 1. The standard InChI is InChI=1S/C17H19N3O/c1-12-7-9-18-14-8-10-19-17(16(12)14)20-11-13-5-3-4-6-15(13)21-2/h3-8,10,18H,9,11H2,1-2H3,(H,19,20). The third-order valence-electron chi connectivity index (χ3n) is 3.68. The molecule has 1 aliphatic heterocycles. The number of anilines is 2. The van der Waals surface area contributed by atoms with Crippen molar-refractivity contribution in [3.8, 4) is 5.75 Å². The van der Waals surface area contributed by atoms with Gasteiger partial charge in [-0.15, -0.1) is 0 Å². The summed E-state index contributed by atoms with van der Waals surface area (Å²) in [6.45, 7) is 3.67. The second kappa shape index (κ2) is 5.87. The highest BCUT2D eigenvalue weighted by Crippen LogP contribution is 2.32. The second-order valence-corrected chi connectivity index (χ2v) is 5.02. The Morgan fingerprint density at radius 2 is 2.14 bits per heavy atom. The average molecular weight is 281 g/mol. The minimum atomic E-state index is 0.681. The fraction of sp³-hybridized carbons (Fsp3) is 0.235. The zero-order valence-corrected chi connectivity index (χ0v) is 12.3. The van der Waals surface area contributed by atoms with Gasteiger partial charge < -0.3 is 15.4 Å². The van der Waals surface area contributed by atoms with Crippen molar-refractivity contribution in [2.45, 2.75) is 13.5 Å². The highest BCUT2D eigenvalue weighted by Gasteiger charge is 2.14.